The number of rotatable bonds is 7. The quantitative estimate of drug-likeness (QED) is 0.239. The summed E-state index contributed by atoms with van der Waals surface area (Å²) in [5.41, 5.74) is 8.23. The van der Waals surface area contributed by atoms with Crippen LogP contribution in [0.1, 0.15) is 58.0 Å². The van der Waals surface area contributed by atoms with E-state index in [4.69, 9.17) is 15.6 Å². The topological polar surface area (TPSA) is 166 Å². The first-order valence-electron chi connectivity index (χ1n) is 16.3. The zero-order valence-electron chi connectivity index (χ0n) is 26.7. The highest BCUT2D eigenvalue weighted by atomic mass is 19.1. The lowest BCUT2D eigenvalue weighted by molar-refractivity contribution is -0.136. The molecule has 0 saturated carbocycles. The van der Waals surface area contributed by atoms with Crippen LogP contribution in [0.15, 0.2) is 73.1 Å². The lowest BCUT2D eigenvalue weighted by atomic mass is 10.0. The van der Waals surface area contributed by atoms with Gasteiger partial charge in [-0.15, -0.1) is 0 Å². The fourth-order valence-corrected chi connectivity index (χ4v) is 7.06. The summed E-state index contributed by atoms with van der Waals surface area (Å²) in [7, 11) is 0. The minimum atomic E-state index is -1.17. The number of ether oxygens (including phenoxy) is 1. The summed E-state index contributed by atoms with van der Waals surface area (Å²) >= 11 is 0. The van der Waals surface area contributed by atoms with Gasteiger partial charge in [-0.25, -0.2) is 19.0 Å². The number of carbonyl (C=O) groups is 4. The van der Waals surface area contributed by atoms with Crippen molar-refractivity contribution in [3.05, 3.63) is 95.6 Å². The van der Waals surface area contributed by atoms with E-state index < -0.39 is 35.5 Å². The molecule has 0 spiro atoms. The molecule has 3 aliphatic rings. The Kier molecular flexibility index (Phi) is 7.79. The SMILES string of the molecule is Nc1ncnc2c1c(-c1ccc(Oc3ccccc3)cc1)nn2C1CCCN(Cc2ccc3c(c2F)C(=O)N(C2CCC(=O)NC2=O)C3=O)C1. The number of piperidine rings is 2. The van der Waals surface area contributed by atoms with Crippen LogP contribution in [0, 0.1) is 5.82 Å². The number of nitrogens with one attached hydrogen (secondary N) is 1. The van der Waals surface area contributed by atoms with E-state index in [1.807, 2.05) is 59.3 Å². The molecule has 2 aromatic heterocycles. The molecule has 2 saturated heterocycles. The second-order valence-electron chi connectivity index (χ2n) is 12.6. The smallest absolute Gasteiger partial charge is 0.265 e. The third-order valence-corrected chi connectivity index (χ3v) is 9.47. The number of halogens is 1. The van der Waals surface area contributed by atoms with Gasteiger partial charge in [-0.3, -0.25) is 34.3 Å². The summed E-state index contributed by atoms with van der Waals surface area (Å²) in [5.74, 6) is -1.93. The molecule has 252 valence electrons. The van der Waals surface area contributed by atoms with Gasteiger partial charge in [0.15, 0.2) is 5.65 Å². The second kappa shape index (κ2) is 12.5. The molecular formula is C36H31FN8O5. The number of hydrogen-bond acceptors (Lipinski definition) is 10. The molecule has 50 heavy (non-hydrogen) atoms. The van der Waals surface area contributed by atoms with Crippen molar-refractivity contribution < 1.29 is 28.3 Å². The third-order valence-electron chi connectivity index (χ3n) is 9.47. The van der Waals surface area contributed by atoms with Crippen molar-refractivity contribution in [2.45, 2.75) is 44.3 Å². The van der Waals surface area contributed by atoms with E-state index in [-0.39, 0.29) is 42.1 Å². The normalized spacial score (nSPS) is 19.6. The average molecular weight is 675 g/mol. The van der Waals surface area contributed by atoms with Crippen molar-refractivity contribution >= 4 is 40.5 Å². The molecule has 0 radical (unpaired) electrons. The largest absolute Gasteiger partial charge is 0.457 e. The molecule has 13 nitrogen and oxygen atoms in total. The minimum absolute atomic E-state index is 0.00580. The summed E-state index contributed by atoms with van der Waals surface area (Å²) in [6, 6.07) is 18.7. The van der Waals surface area contributed by atoms with Crippen LogP contribution in [-0.2, 0) is 16.1 Å². The van der Waals surface area contributed by atoms with E-state index in [1.54, 1.807) is 0 Å². The summed E-state index contributed by atoms with van der Waals surface area (Å²) in [6.45, 7) is 1.37. The number of likely N-dealkylation sites (tertiary alicyclic amines) is 1. The number of aromatic nitrogens is 4. The van der Waals surface area contributed by atoms with Crippen LogP contribution < -0.4 is 15.8 Å². The summed E-state index contributed by atoms with van der Waals surface area (Å²) < 4.78 is 23.8. The molecule has 5 heterocycles. The zero-order chi connectivity index (χ0) is 34.5. The molecule has 0 aliphatic carbocycles. The number of imide groups is 2. The van der Waals surface area contributed by atoms with Gasteiger partial charge in [0, 0.05) is 30.6 Å². The Bertz CT molecular complexity index is 2190. The standard InChI is InChI=1S/C36H31FN8O5/c37-30-21(10-13-25-28(30)36(49)44(35(25)48)26-14-15-27(46)41-34(26)47)17-43-16-4-5-22(18-43)45-33-29(32(38)39-19-40-33)31(42-45)20-8-11-24(12-9-20)50-23-6-2-1-3-7-23/h1-3,6-13,19,22,26H,4-5,14-18H2,(H2,38,39,40)(H,41,46,47). The van der Waals surface area contributed by atoms with Crippen LogP contribution in [0.25, 0.3) is 22.3 Å². The number of hydrogen-bond donors (Lipinski definition) is 2. The lowest BCUT2D eigenvalue weighted by Crippen LogP contribution is -2.54. The average Bonchev–Trinajstić information content (AvgIpc) is 3.63. The van der Waals surface area contributed by atoms with Crippen molar-refractivity contribution in [3.63, 3.8) is 0 Å². The zero-order valence-corrected chi connectivity index (χ0v) is 26.7. The molecule has 2 atom stereocenters. The maximum absolute atomic E-state index is 16.0. The number of nitrogens with two attached hydrogens (primary N) is 1. The number of fused-ring (bicyclic) bond motifs is 2. The molecule has 4 amide bonds. The van der Waals surface area contributed by atoms with Crippen molar-refractivity contribution in [2.24, 2.45) is 0 Å². The van der Waals surface area contributed by atoms with Gasteiger partial charge in [0.25, 0.3) is 11.8 Å². The van der Waals surface area contributed by atoms with Crippen molar-refractivity contribution in [2.75, 3.05) is 18.8 Å². The molecule has 14 heteroatoms. The summed E-state index contributed by atoms with van der Waals surface area (Å²) in [4.78, 5) is 62.2. The van der Waals surface area contributed by atoms with E-state index in [9.17, 15) is 19.2 Å². The molecule has 3 aliphatic heterocycles. The van der Waals surface area contributed by atoms with Gasteiger partial charge in [-0.1, -0.05) is 24.3 Å². The number of para-hydroxylation sites is 1. The van der Waals surface area contributed by atoms with Crippen LogP contribution >= 0.6 is 0 Å². The van der Waals surface area contributed by atoms with Crippen LogP contribution in [0.2, 0.25) is 0 Å². The molecule has 3 aromatic carbocycles. The molecule has 0 bridgehead atoms. The Labute approximate surface area is 284 Å². The number of amides is 4. The Morgan fingerprint density at radius 2 is 1.70 bits per heavy atom. The number of nitrogen functional groups attached to an aromatic ring is 1. The Morgan fingerprint density at radius 3 is 2.48 bits per heavy atom. The maximum Gasteiger partial charge on any atom is 0.265 e. The van der Waals surface area contributed by atoms with Crippen LogP contribution in [0.5, 0.6) is 11.5 Å². The van der Waals surface area contributed by atoms with Crippen LogP contribution in [0.4, 0.5) is 10.2 Å². The van der Waals surface area contributed by atoms with E-state index in [0.717, 1.165) is 29.1 Å². The molecule has 8 rings (SSSR count). The first-order chi connectivity index (χ1) is 24.3. The van der Waals surface area contributed by atoms with Crippen molar-refractivity contribution in [3.8, 4) is 22.8 Å². The molecular weight excluding hydrogens is 643 g/mol. The lowest BCUT2D eigenvalue weighted by Gasteiger charge is -2.33. The number of anilines is 1. The number of benzene rings is 3. The van der Waals surface area contributed by atoms with Gasteiger partial charge >= 0.3 is 0 Å². The predicted molar refractivity (Wildman–Crippen MR) is 178 cm³/mol. The monoisotopic (exact) mass is 674 g/mol. The van der Waals surface area contributed by atoms with Gasteiger partial charge in [-0.2, -0.15) is 5.10 Å². The van der Waals surface area contributed by atoms with E-state index in [2.05, 4.69) is 20.2 Å². The Balaban J connectivity index is 1.03. The highest BCUT2D eigenvalue weighted by Gasteiger charge is 2.46. The number of carbonyl (C=O) groups excluding carboxylic acids is 4. The fourth-order valence-electron chi connectivity index (χ4n) is 7.06. The maximum atomic E-state index is 16.0. The van der Waals surface area contributed by atoms with Gasteiger partial charge in [0.2, 0.25) is 11.8 Å². The Morgan fingerprint density at radius 1 is 0.920 bits per heavy atom. The van der Waals surface area contributed by atoms with Gasteiger partial charge in [-0.05, 0) is 68.3 Å². The summed E-state index contributed by atoms with van der Waals surface area (Å²) in [6.07, 6.45) is 2.97. The molecule has 2 fully saturated rings. The molecule has 3 N–H and O–H groups in total. The highest BCUT2D eigenvalue weighted by molar-refractivity contribution is 6.23. The van der Waals surface area contributed by atoms with Crippen LogP contribution in [-0.4, -0.2) is 72.3 Å². The summed E-state index contributed by atoms with van der Waals surface area (Å²) in [5, 5.41) is 7.79. The van der Waals surface area contributed by atoms with Gasteiger partial charge < -0.3 is 10.5 Å². The van der Waals surface area contributed by atoms with E-state index in [1.165, 1.54) is 18.5 Å². The Hall–Kier alpha value is -6.02. The fraction of sp³-hybridized carbons (Fsp3) is 0.250. The minimum Gasteiger partial charge on any atom is -0.457 e. The van der Waals surface area contributed by atoms with Gasteiger partial charge in [0.1, 0.15) is 41.2 Å². The van der Waals surface area contributed by atoms with E-state index in [0.29, 0.717) is 41.4 Å². The first-order valence-corrected chi connectivity index (χ1v) is 16.3. The second-order valence-corrected chi connectivity index (χ2v) is 12.6. The first kappa shape index (κ1) is 31.3. The van der Waals surface area contributed by atoms with Crippen molar-refractivity contribution in [1.82, 2.24) is 34.9 Å². The third kappa shape index (κ3) is 5.43. The van der Waals surface area contributed by atoms with Gasteiger partial charge in [0.05, 0.1) is 22.6 Å². The predicted octanol–water partition coefficient (Wildman–Crippen LogP) is 4.25. The van der Waals surface area contributed by atoms with Crippen LogP contribution in [0.3, 0.4) is 0 Å². The molecule has 2 unspecified atom stereocenters. The highest BCUT2D eigenvalue weighted by Crippen LogP contribution is 2.36. The van der Waals surface area contributed by atoms with Crippen molar-refractivity contribution in [1.29, 1.82) is 0 Å². The number of nitrogens with zero attached hydrogens (tertiary/aromatic N) is 6. The molecule has 5 aromatic rings. The van der Waals surface area contributed by atoms with E-state index >= 15 is 4.39 Å².